The highest BCUT2D eigenvalue weighted by Crippen LogP contribution is 2.29. The molecule has 0 spiro atoms. The lowest BCUT2D eigenvalue weighted by atomic mass is 10.2. The number of ether oxygens (including phenoxy) is 1. The van der Waals surface area contributed by atoms with Crippen LogP contribution < -0.4 is 4.90 Å². The summed E-state index contributed by atoms with van der Waals surface area (Å²) in [6.45, 7) is 5.67. The van der Waals surface area contributed by atoms with Crippen molar-refractivity contribution in [2.45, 2.75) is 25.9 Å². The van der Waals surface area contributed by atoms with Gasteiger partial charge in [-0.15, -0.1) is 0 Å². The average Bonchev–Trinajstić information content (AvgIpc) is 3.05. The second kappa shape index (κ2) is 6.52. The van der Waals surface area contributed by atoms with Crippen molar-refractivity contribution in [3.8, 4) is 6.07 Å². The molecule has 3 heterocycles. The van der Waals surface area contributed by atoms with Gasteiger partial charge in [0.05, 0.1) is 23.7 Å². The summed E-state index contributed by atoms with van der Waals surface area (Å²) in [6.07, 6.45) is 1.21. The van der Waals surface area contributed by atoms with Crippen molar-refractivity contribution in [3.05, 3.63) is 34.6 Å². The van der Waals surface area contributed by atoms with Crippen molar-refractivity contribution < 1.29 is 9.26 Å². The first-order valence-corrected chi connectivity index (χ1v) is 7.72. The fourth-order valence-corrected chi connectivity index (χ4v) is 2.62. The zero-order valence-corrected chi connectivity index (χ0v) is 13.6. The van der Waals surface area contributed by atoms with Crippen LogP contribution in [-0.2, 0) is 4.74 Å². The lowest BCUT2D eigenvalue weighted by Gasteiger charge is -2.32. The number of pyridine rings is 1. The maximum Gasteiger partial charge on any atom is 0.229 e. The van der Waals surface area contributed by atoms with E-state index in [0.29, 0.717) is 47.8 Å². The lowest BCUT2D eigenvalue weighted by molar-refractivity contribution is 0.0324. The van der Waals surface area contributed by atoms with Gasteiger partial charge in [0.2, 0.25) is 11.7 Å². The Hall–Kier alpha value is -2.17. The van der Waals surface area contributed by atoms with Crippen molar-refractivity contribution in [3.63, 3.8) is 0 Å². The summed E-state index contributed by atoms with van der Waals surface area (Å²) in [7, 11) is 0. The smallest absolute Gasteiger partial charge is 0.229 e. The molecule has 1 aliphatic rings. The third-order valence-electron chi connectivity index (χ3n) is 3.56. The fraction of sp³-hybridized carbons (Fsp3) is 0.467. The Kier molecular flexibility index (Phi) is 4.46. The van der Waals surface area contributed by atoms with Crippen molar-refractivity contribution >= 4 is 17.4 Å². The molecule has 0 saturated carbocycles. The molecule has 0 aromatic carbocycles. The highest BCUT2D eigenvalue weighted by Gasteiger charge is 2.28. The van der Waals surface area contributed by atoms with E-state index >= 15 is 0 Å². The second-order valence-corrected chi connectivity index (χ2v) is 6.00. The van der Waals surface area contributed by atoms with Crippen LogP contribution in [0, 0.1) is 11.3 Å². The van der Waals surface area contributed by atoms with E-state index in [1.165, 1.54) is 6.20 Å². The Morgan fingerprint density at radius 1 is 1.48 bits per heavy atom. The van der Waals surface area contributed by atoms with Crippen LogP contribution in [0.2, 0.25) is 5.02 Å². The third kappa shape index (κ3) is 3.28. The zero-order chi connectivity index (χ0) is 16.4. The van der Waals surface area contributed by atoms with Crippen LogP contribution in [0.5, 0.6) is 0 Å². The standard InChI is InChI=1S/C15H16ClN5O2/c1-9(2)15-19-13(20-23-15)12-8-21(3-4-22-12)14-11(16)5-10(6-17)7-18-14/h5,7,9,12H,3-4,8H2,1-2H3. The van der Waals surface area contributed by atoms with Crippen LogP contribution in [-0.4, -0.2) is 34.8 Å². The van der Waals surface area contributed by atoms with Crippen LogP contribution >= 0.6 is 11.6 Å². The Morgan fingerprint density at radius 2 is 2.30 bits per heavy atom. The van der Waals surface area contributed by atoms with Gasteiger partial charge in [0.15, 0.2) is 0 Å². The van der Waals surface area contributed by atoms with Gasteiger partial charge in [0, 0.05) is 18.7 Å². The van der Waals surface area contributed by atoms with Gasteiger partial charge in [0.1, 0.15) is 18.0 Å². The molecule has 2 aromatic rings. The van der Waals surface area contributed by atoms with Gasteiger partial charge in [-0.05, 0) is 6.07 Å². The number of morpholine rings is 1. The molecular formula is C15H16ClN5O2. The molecule has 3 rings (SSSR count). The number of hydrogen-bond donors (Lipinski definition) is 0. The molecule has 1 atom stereocenters. The number of rotatable bonds is 3. The normalized spacial score (nSPS) is 18.2. The molecule has 0 N–H and O–H groups in total. The van der Waals surface area contributed by atoms with E-state index in [4.69, 9.17) is 26.1 Å². The highest BCUT2D eigenvalue weighted by atomic mass is 35.5. The van der Waals surface area contributed by atoms with Gasteiger partial charge in [0.25, 0.3) is 0 Å². The SMILES string of the molecule is CC(C)c1nc(C2CN(c3ncc(C#N)cc3Cl)CCO2)no1. The van der Waals surface area contributed by atoms with Crippen molar-refractivity contribution in [2.75, 3.05) is 24.6 Å². The summed E-state index contributed by atoms with van der Waals surface area (Å²) in [5.41, 5.74) is 0.434. The van der Waals surface area contributed by atoms with Crippen molar-refractivity contribution in [1.29, 1.82) is 5.26 Å². The minimum Gasteiger partial charge on any atom is -0.366 e. The van der Waals surface area contributed by atoms with E-state index in [1.54, 1.807) is 6.07 Å². The molecule has 8 heteroatoms. The molecule has 7 nitrogen and oxygen atoms in total. The minimum absolute atomic E-state index is 0.172. The number of aromatic nitrogens is 3. The van der Waals surface area contributed by atoms with E-state index in [1.807, 2.05) is 24.8 Å². The first-order chi connectivity index (χ1) is 11.1. The van der Waals surface area contributed by atoms with Crippen LogP contribution in [0.4, 0.5) is 5.82 Å². The second-order valence-electron chi connectivity index (χ2n) is 5.59. The molecule has 0 bridgehead atoms. The molecule has 23 heavy (non-hydrogen) atoms. The van der Waals surface area contributed by atoms with E-state index in [-0.39, 0.29) is 12.0 Å². The summed E-state index contributed by atoms with van der Waals surface area (Å²) < 4.78 is 11.0. The summed E-state index contributed by atoms with van der Waals surface area (Å²) in [5, 5.41) is 13.3. The molecule has 0 radical (unpaired) electrons. The monoisotopic (exact) mass is 333 g/mol. The van der Waals surface area contributed by atoms with Gasteiger partial charge in [-0.2, -0.15) is 10.2 Å². The van der Waals surface area contributed by atoms with Crippen LogP contribution in [0.3, 0.4) is 0 Å². The molecule has 1 saturated heterocycles. The third-order valence-corrected chi connectivity index (χ3v) is 3.83. The number of nitrogens with zero attached hydrogens (tertiary/aromatic N) is 5. The van der Waals surface area contributed by atoms with Crippen LogP contribution in [0.15, 0.2) is 16.8 Å². The molecule has 1 aliphatic heterocycles. The van der Waals surface area contributed by atoms with Crippen LogP contribution in [0.25, 0.3) is 0 Å². The Balaban J connectivity index is 1.79. The molecule has 1 unspecified atom stereocenters. The predicted octanol–water partition coefficient (Wildman–Crippen LogP) is 2.69. The predicted molar refractivity (Wildman–Crippen MR) is 83.3 cm³/mol. The summed E-state index contributed by atoms with van der Waals surface area (Å²) in [5.74, 6) is 1.93. The Bertz CT molecular complexity index is 740. The van der Waals surface area contributed by atoms with Crippen molar-refractivity contribution in [2.24, 2.45) is 0 Å². The van der Waals surface area contributed by atoms with Gasteiger partial charge < -0.3 is 14.2 Å². The molecule has 2 aromatic heterocycles. The van der Waals surface area contributed by atoms with Gasteiger partial charge in [-0.1, -0.05) is 30.6 Å². The van der Waals surface area contributed by atoms with E-state index < -0.39 is 0 Å². The number of nitriles is 1. The molecular weight excluding hydrogens is 318 g/mol. The number of halogens is 1. The topological polar surface area (TPSA) is 88.1 Å². The van der Waals surface area contributed by atoms with Gasteiger partial charge in [-0.3, -0.25) is 0 Å². The van der Waals surface area contributed by atoms with E-state index in [0.717, 1.165) is 0 Å². The molecule has 1 fully saturated rings. The van der Waals surface area contributed by atoms with Gasteiger partial charge in [-0.25, -0.2) is 4.98 Å². The number of anilines is 1. The summed E-state index contributed by atoms with van der Waals surface area (Å²) in [6, 6.07) is 3.63. The average molecular weight is 334 g/mol. The lowest BCUT2D eigenvalue weighted by Crippen LogP contribution is -2.39. The quantitative estimate of drug-likeness (QED) is 0.853. The van der Waals surface area contributed by atoms with E-state index in [9.17, 15) is 0 Å². The first-order valence-electron chi connectivity index (χ1n) is 7.34. The first kappa shape index (κ1) is 15.7. The minimum atomic E-state index is -0.298. The highest BCUT2D eigenvalue weighted by molar-refractivity contribution is 6.33. The van der Waals surface area contributed by atoms with Crippen LogP contribution in [0.1, 0.15) is 43.1 Å². The van der Waals surface area contributed by atoms with E-state index in [2.05, 4.69) is 15.1 Å². The summed E-state index contributed by atoms with van der Waals surface area (Å²) >= 11 is 6.24. The molecule has 0 amide bonds. The largest absolute Gasteiger partial charge is 0.366 e. The molecule has 0 aliphatic carbocycles. The Labute approximate surface area is 138 Å². The maximum absolute atomic E-state index is 8.89. The zero-order valence-electron chi connectivity index (χ0n) is 12.9. The summed E-state index contributed by atoms with van der Waals surface area (Å²) in [4.78, 5) is 10.7. The maximum atomic E-state index is 8.89. The Morgan fingerprint density at radius 3 is 2.96 bits per heavy atom. The van der Waals surface area contributed by atoms with Gasteiger partial charge >= 0.3 is 0 Å². The van der Waals surface area contributed by atoms with Crippen molar-refractivity contribution in [1.82, 2.24) is 15.1 Å². The number of hydrogen-bond acceptors (Lipinski definition) is 7. The fourth-order valence-electron chi connectivity index (χ4n) is 2.33. The molecule has 120 valence electrons.